The lowest BCUT2D eigenvalue weighted by Gasteiger charge is -1.96. The van der Waals surface area contributed by atoms with Crippen molar-refractivity contribution in [2.75, 3.05) is 0 Å². The van der Waals surface area contributed by atoms with Gasteiger partial charge in [-0.05, 0) is 6.42 Å². The summed E-state index contributed by atoms with van der Waals surface area (Å²) < 4.78 is 0. The smallest absolute Gasteiger partial charge is 0.261 e. The van der Waals surface area contributed by atoms with Gasteiger partial charge < -0.3 is 5.73 Å². The molecule has 0 atom stereocenters. The fraction of sp³-hybridized carbons (Fsp3) is 0.667. The van der Waals surface area contributed by atoms with Crippen molar-refractivity contribution in [3.05, 3.63) is 21.5 Å². The lowest BCUT2D eigenvalue weighted by atomic mass is 10.2. The second-order valence-corrected chi connectivity index (χ2v) is 2.12. The molecule has 0 fully saturated rings. The van der Waals surface area contributed by atoms with Crippen LogP contribution in [0.5, 0.6) is 0 Å². The van der Waals surface area contributed by atoms with Crippen LogP contribution in [-0.4, -0.2) is 4.92 Å². The summed E-state index contributed by atoms with van der Waals surface area (Å²) in [6.07, 6.45) is 1.45. The molecular formula is C6H12N2O2. The molecule has 0 unspecified atom stereocenters. The summed E-state index contributed by atoms with van der Waals surface area (Å²) >= 11 is 0. The third-order valence-electron chi connectivity index (χ3n) is 1.26. The zero-order chi connectivity index (χ0) is 8.15. The van der Waals surface area contributed by atoms with Crippen molar-refractivity contribution in [3.63, 3.8) is 0 Å². The maximum Gasteiger partial charge on any atom is 0.261 e. The van der Waals surface area contributed by atoms with E-state index in [0.29, 0.717) is 12.1 Å². The average Bonchev–Trinajstić information content (AvgIpc) is 1.87. The molecule has 0 amide bonds. The van der Waals surface area contributed by atoms with Gasteiger partial charge in [-0.1, -0.05) is 13.3 Å². The molecule has 0 aliphatic rings. The molecule has 0 aliphatic carbocycles. The van der Waals surface area contributed by atoms with Crippen LogP contribution < -0.4 is 5.73 Å². The number of nitro groups is 1. The highest BCUT2D eigenvalue weighted by Crippen LogP contribution is 2.04. The van der Waals surface area contributed by atoms with E-state index in [2.05, 4.69) is 0 Å². The predicted molar refractivity (Wildman–Crippen MR) is 38.8 cm³/mol. The maximum atomic E-state index is 10.1. The van der Waals surface area contributed by atoms with Gasteiger partial charge in [0.1, 0.15) is 0 Å². The van der Waals surface area contributed by atoms with Crippen molar-refractivity contribution < 1.29 is 4.92 Å². The van der Waals surface area contributed by atoms with E-state index in [-0.39, 0.29) is 5.70 Å². The monoisotopic (exact) mass is 144 g/mol. The van der Waals surface area contributed by atoms with Crippen LogP contribution in [0.2, 0.25) is 0 Å². The highest BCUT2D eigenvalue weighted by atomic mass is 16.6. The highest BCUT2D eigenvalue weighted by molar-refractivity contribution is 4.99. The maximum absolute atomic E-state index is 10.1. The van der Waals surface area contributed by atoms with E-state index in [1.54, 1.807) is 0 Å². The first kappa shape index (κ1) is 8.94. The Kier molecular flexibility index (Phi) is 3.46. The van der Waals surface area contributed by atoms with Crippen LogP contribution in [0.4, 0.5) is 0 Å². The lowest BCUT2D eigenvalue weighted by Crippen LogP contribution is -2.06. The second-order valence-electron chi connectivity index (χ2n) is 2.12. The van der Waals surface area contributed by atoms with Crippen LogP contribution in [-0.2, 0) is 0 Å². The van der Waals surface area contributed by atoms with Gasteiger partial charge in [0.05, 0.1) is 10.6 Å². The SMILES string of the molecule is CCCC(N)=C(C)[N+](=O)[O-]. The molecule has 4 heteroatoms. The van der Waals surface area contributed by atoms with Crippen LogP contribution in [0.3, 0.4) is 0 Å². The van der Waals surface area contributed by atoms with Gasteiger partial charge in [-0.25, -0.2) is 0 Å². The standard InChI is InChI=1S/C6H12N2O2/c1-3-4-6(7)5(2)8(9)10/h3-4,7H2,1-2H3. The van der Waals surface area contributed by atoms with Gasteiger partial charge in [0.15, 0.2) is 0 Å². The Morgan fingerprint density at radius 3 is 2.50 bits per heavy atom. The molecule has 2 N–H and O–H groups in total. The fourth-order valence-corrected chi connectivity index (χ4v) is 0.567. The number of hydrogen-bond donors (Lipinski definition) is 1. The second kappa shape index (κ2) is 3.87. The fourth-order valence-electron chi connectivity index (χ4n) is 0.567. The minimum atomic E-state index is -0.453. The Morgan fingerprint density at radius 2 is 2.20 bits per heavy atom. The number of hydrogen-bond acceptors (Lipinski definition) is 3. The topological polar surface area (TPSA) is 69.2 Å². The molecule has 58 valence electrons. The zero-order valence-electron chi connectivity index (χ0n) is 6.26. The molecule has 0 heterocycles. The Hall–Kier alpha value is -1.06. The van der Waals surface area contributed by atoms with Crippen molar-refractivity contribution in [1.82, 2.24) is 0 Å². The Morgan fingerprint density at radius 1 is 1.70 bits per heavy atom. The van der Waals surface area contributed by atoms with Gasteiger partial charge in [-0.15, -0.1) is 0 Å². The largest absolute Gasteiger partial charge is 0.397 e. The van der Waals surface area contributed by atoms with E-state index in [1.807, 2.05) is 6.92 Å². The van der Waals surface area contributed by atoms with Gasteiger partial charge >= 0.3 is 0 Å². The van der Waals surface area contributed by atoms with Crippen LogP contribution in [0.15, 0.2) is 11.4 Å². The lowest BCUT2D eigenvalue weighted by molar-refractivity contribution is -0.425. The molecule has 4 nitrogen and oxygen atoms in total. The molecule has 0 saturated carbocycles. The van der Waals surface area contributed by atoms with Crippen molar-refractivity contribution in [1.29, 1.82) is 0 Å². The van der Waals surface area contributed by atoms with Crippen molar-refractivity contribution in [3.8, 4) is 0 Å². The van der Waals surface area contributed by atoms with Crippen LogP contribution >= 0.6 is 0 Å². The first-order chi connectivity index (χ1) is 4.59. The third kappa shape index (κ3) is 2.48. The minimum Gasteiger partial charge on any atom is -0.397 e. The summed E-state index contributed by atoms with van der Waals surface area (Å²) in [5.41, 5.74) is 5.82. The Balaban J connectivity index is 4.19. The molecule has 0 aromatic carbocycles. The average molecular weight is 144 g/mol. The van der Waals surface area contributed by atoms with Crippen molar-refractivity contribution in [2.45, 2.75) is 26.7 Å². The number of nitrogens with zero attached hydrogens (tertiary/aromatic N) is 1. The predicted octanol–water partition coefficient (Wildman–Crippen LogP) is 1.25. The summed E-state index contributed by atoms with van der Waals surface area (Å²) in [4.78, 5) is 9.63. The van der Waals surface area contributed by atoms with E-state index in [9.17, 15) is 10.1 Å². The van der Waals surface area contributed by atoms with Crippen LogP contribution in [0, 0.1) is 10.1 Å². The van der Waals surface area contributed by atoms with Crippen molar-refractivity contribution in [2.24, 2.45) is 5.73 Å². The summed E-state index contributed by atoms with van der Waals surface area (Å²) in [6.45, 7) is 3.35. The zero-order valence-corrected chi connectivity index (χ0v) is 6.26. The van der Waals surface area contributed by atoms with E-state index in [1.165, 1.54) is 6.92 Å². The van der Waals surface area contributed by atoms with Crippen molar-refractivity contribution >= 4 is 0 Å². The molecule has 0 spiro atoms. The van der Waals surface area contributed by atoms with E-state index < -0.39 is 4.92 Å². The van der Waals surface area contributed by atoms with Gasteiger partial charge in [-0.2, -0.15) is 0 Å². The highest BCUT2D eigenvalue weighted by Gasteiger charge is 2.06. The molecule has 0 aromatic heterocycles. The Labute approximate surface area is 59.9 Å². The van der Waals surface area contributed by atoms with E-state index in [0.717, 1.165) is 6.42 Å². The quantitative estimate of drug-likeness (QED) is 0.478. The van der Waals surface area contributed by atoms with Crippen LogP contribution in [0.25, 0.3) is 0 Å². The first-order valence-electron chi connectivity index (χ1n) is 3.19. The normalized spacial score (nSPS) is 12.6. The molecule has 0 rings (SSSR count). The third-order valence-corrected chi connectivity index (χ3v) is 1.26. The van der Waals surface area contributed by atoms with Gasteiger partial charge in [0.2, 0.25) is 0 Å². The van der Waals surface area contributed by atoms with Gasteiger partial charge in [-0.3, -0.25) is 10.1 Å². The summed E-state index contributed by atoms with van der Waals surface area (Å²) in [5.74, 6) is 0. The summed E-state index contributed by atoms with van der Waals surface area (Å²) in [6, 6.07) is 0. The molecule has 0 bridgehead atoms. The Bertz CT molecular complexity index is 163. The molecular weight excluding hydrogens is 132 g/mol. The van der Waals surface area contributed by atoms with Gasteiger partial charge in [0.25, 0.3) is 5.70 Å². The number of rotatable bonds is 3. The molecule has 10 heavy (non-hydrogen) atoms. The molecule has 0 aliphatic heterocycles. The van der Waals surface area contributed by atoms with E-state index in [4.69, 9.17) is 5.73 Å². The summed E-state index contributed by atoms with van der Waals surface area (Å²) in [5, 5.41) is 10.1. The molecule has 0 radical (unpaired) electrons. The summed E-state index contributed by atoms with van der Waals surface area (Å²) in [7, 11) is 0. The number of allylic oxidation sites excluding steroid dienone is 2. The first-order valence-corrected chi connectivity index (χ1v) is 3.19. The minimum absolute atomic E-state index is 0.0712. The van der Waals surface area contributed by atoms with Gasteiger partial charge in [0, 0.05) is 6.92 Å². The number of nitrogens with two attached hydrogens (primary N) is 1. The van der Waals surface area contributed by atoms with E-state index >= 15 is 0 Å². The molecule has 0 saturated heterocycles. The van der Waals surface area contributed by atoms with Crippen LogP contribution in [0.1, 0.15) is 26.7 Å². The molecule has 0 aromatic rings.